The summed E-state index contributed by atoms with van der Waals surface area (Å²) in [5, 5.41) is 5.53. The normalized spacial score (nSPS) is 30.1. The number of amides is 1. The van der Waals surface area contributed by atoms with E-state index in [9.17, 15) is 22.8 Å². The number of nitrogens with zero attached hydrogens (tertiary/aromatic N) is 2. The number of anilines is 1. The van der Waals surface area contributed by atoms with Gasteiger partial charge < -0.3 is 9.88 Å². The summed E-state index contributed by atoms with van der Waals surface area (Å²) >= 11 is 7.68. The molecule has 11 heteroatoms. The van der Waals surface area contributed by atoms with Crippen LogP contribution in [-0.2, 0) is 11.3 Å². The van der Waals surface area contributed by atoms with Gasteiger partial charge in [0.25, 0.3) is 12.0 Å². The maximum atomic E-state index is 13.8. The van der Waals surface area contributed by atoms with Gasteiger partial charge in [0.05, 0.1) is 34.4 Å². The second-order valence-corrected chi connectivity index (χ2v) is 10.3. The van der Waals surface area contributed by atoms with Gasteiger partial charge in [-0.05, 0) is 32.2 Å². The molecule has 174 valence electrons. The molecule has 1 aromatic heterocycles. The third kappa shape index (κ3) is 5.45. The van der Waals surface area contributed by atoms with Gasteiger partial charge in [-0.2, -0.15) is 0 Å². The lowest BCUT2D eigenvalue weighted by molar-refractivity contribution is -0.115. The number of rotatable bonds is 4. The first kappa shape index (κ1) is 23.5. The number of thioether (sulfide) groups is 1. The fraction of sp³-hybridized carbons (Fsp3) is 0.619. The molecule has 0 bridgehead atoms. The van der Waals surface area contributed by atoms with Crippen molar-refractivity contribution in [3.8, 4) is 11.8 Å². The van der Waals surface area contributed by atoms with Gasteiger partial charge in [-0.1, -0.05) is 11.8 Å². The fourth-order valence-corrected chi connectivity index (χ4v) is 6.05. The third-order valence-corrected chi connectivity index (χ3v) is 7.82. The summed E-state index contributed by atoms with van der Waals surface area (Å²) in [7, 11) is 0. The molecule has 3 aliphatic rings. The third-order valence-electron chi connectivity index (χ3n) is 5.88. The molecule has 5 unspecified atom stereocenters. The van der Waals surface area contributed by atoms with E-state index in [0.29, 0.717) is 17.2 Å². The van der Waals surface area contributed by atoms with Gasteiger partial charge in [-0.25, -0.2) is 13.2 Å². The van der Waals surface area contributed by atoms with Crippen LogP contribution in [-0.4, -0.2) is 57.1 Å². The van der Waals surface area contributed by atoms with E-state index in [-0.39, 0.29) is 22.4 Å². The Morgan fingerprint density at radius 2 is 2.19 bits per heavy atom. The second kappa shape index (κ2) is 10.1. The van der Waals surface area contributed by atoms with Crippen LogP contribution in [0.1, 0.15) is 25.7 Å². The molecular weight excluding hydrogens is 465 g/mol. The SMILES string of the molecule is O=C(Nc1cc(F)c(=O)n(CC(F)F)c1)C1CC(C#CC2CN3CCCCC3N2)C(Cl)S1. The van der Waals surface area contributed by atoms with Crippen LogP contribution < -0.4 is 16.2 Å². The highest BCUT2D eigenvalue weighted by Gasteiger charge is 2.37. The summed E-state index contributed by atoms with van der Waals surface area (Å²) in [6, 6.07) is 0.913. The summed E-state index contributed by atoms with van der Waals surface area (Å²) in [5.74, 6) is 4.67. The summed E-state index contributed by atoms with van der Waals surface area (Å²) in [6.45, 7) is 1.02. The first-order valence-corrected chi connectivity index (χ1v) is 12.0. The first-order valence-electron chi connectivity index (χ1n) is 10.6. The van der Waals surface area contributed by atoms with E-state index in [0.717, 1.165) is 31.8 Å². The summed E-state index contributed by atoms with van der Waals surface area (Å²) in [4.78, 5) is 26.7. The highest BCUT2D eigenvalue weighted by Crippen LogP contribution is 2.41. The zero-order valence-corrected chi connectivity index (χ0v) is 18.8. The van der Waals surface area contributed by atoms with Crippen molar-refractivity contribution in [2.24, 2.45) is 5.92 Å². The van der Waals surface area contributed by atoms with Gasteiger partial charge in [0.2, 0.25) is 5.91 Å². The molecule has 0 radical (unpaired) electrons. The standard InChI is InChI=1S/C21H24ClF3N4O2S/c22-19-12(4-5-13-9-28-6-2-1-3-18(28)26-13)7-16(32-19)20(30)27-14-8-15(23)21(31)29(10-14)11-17(24)25/h8,10,12-13,16-19,26H,1-3,6-7,9,11H2,(H,27,30). The molecule has 1 aromatic rings. The molecule has 0 aliphatic carbocycles. The van der Waals surface area contributed by atoms with E-state index < -0.39 is 35.5 Å². The monoisotopic (exact) mass is 488 g/mol. The van der Waals surface area contributed by atoms with Crippen LogP contribution in [0.3, 0.4) is 0 Å². The van der Waals surface area contributed by atoms with Crippen LogP contribution >= 0.6 is 23.4 Å². The molecule has 4 rings (SSSR count). The van der Waals surface area contributed by atoms with Crippen LogP contribution in [0.5, 0.6) is 0 Å². The van der Waals surface area contributed by atoms with Crippen molar-refractivity contribution < 1.29 is 18.0 Å². The molecule has 3 saturated heterocycles. The Balaban J connectivity index is 1.36. The van der Waals surface area contributed by atoms with Gasteiger partial charge in [-0.3, -0.25) is 19.8 Å². The van der Waals surface area contributed by atoms with Gasteiger partial charge in [0.1, 0.15) is 0 Å². The lowest BCUT2D eigenvalue weighted by Gasteiger charge is -2.28. The molecule has 6 nitrogen and oxygen atoms in total. The molecule has 5 atom stereocenters. The molecule has 0 saturated carbocycles. The van der Waals surface area contributed by atoms with Crippen molar-refractivity contribution in [2.45, 2.75) is 60.8 Å². The topological polar surface area (TPSA) is 66.4 Å². The number of halogens is 4. The van der Waals surface area contributed by atoms with Crippen molar-refractivity contribution >= 4 is 35.0 Å². The number of hydrogen-bond acceptors (Lipinski definition) is 5. The van der Waals surface area contributed by atoms with Crippen LogP contribution in [0.25, 0.3) is 0 Å². The number of hydrogen-bond donors (Lipinski definition) is 2. The lowest BCUT2D eigenvalue weighted by atomic mass is 10.1. The predicted octanol–water partition coefficient (Wildman–Crippen LogP) is 2.66. The zero-order valence-electron chi connectivity index (χ0n) is 17.2. The highest BCUT2D eigenvalue weighted by molar-refractivity contribution is 8.02. The molecule has 3 aliphatic heterocycles. The minimum Gasteiger partial charge on any atom is -0.324 e. The Kier molecular flexibility index (Phi) is 7.40. The largest absolute Gasteiger partial charge is 0.324 e. The van der Waals surface area contributed by atoms with Gasteiger partial charge in [0, 0.05) is 24.7 Å². The Labute approximate surface area is 193 Å². The summed E-state index contributed by atoms with van der Waals surface area (Å²) < 4.78 is 39.2. The van der Waals surface area contributed by atoms with Gasteiger partial charge >= 0.3 is 0 Å². The Morgan fingerprint density at radius 1 is 1.38 bits per heavy atom. The van der Waals surface area contributed by atoms with E-state index in [1.165, 1.54) is 24.6 Å². The minimum absolute atomic E-state index is 0.0548. The van der Waals surface area contributed by atoms with E-state index in [4.69, 9.17) is 11.6 Å². The molecule has 2 N–H and O–H groups in total. The molecule has 1 amide bonds. The highest BCUT2D eigenvalue weighted by atomic mass is 35.5. The number of pyridine rings is 1. The average molecular weight is 489 g/mol. The van der Waals surface area contributed by atoms with Crippen molar-refractivity contribution in [3.05, 3.63) is 28.4 Å². The molecular formula is C21H24ClF3N4O2S. The maximum Gasteiger partial charge on any atom is 0.286 e. The van der Waals surface area contributed by atoms with Crippen LogP contribution in [0.4, 0.5) is 18.9 Å². The Bertz CT molecular complexity index is 968. The van der Waals surface area contributed by atoms with E-state index in [1.807, 2.05) is 0 Å². The van der Waals surface area contributed by atoms with Crippen molar-refractivity contribution in [1.82, 2.24) is 14.8 Å². The molecule has 0 spiro atoms. The van der Waals surface area contributed by atoms with E-state index in [2.05, 4.69) is 27.4 Å². The summed E-state index contributed by atoms with van der Waals surface area (Å²) in [6.07, 6.45) is 2.57. The second-order valence-electron chi connectivity index (χ2n) is 8.25. The summed E-state index contributed by atoms with van der Waals surface area (Å²) in [5.41, 5.74) is -1.22. The minimum atomic E-state index is -2.82. The molecule has 3 fully saturated rings. The lowest BCUT2D eigenvalue weighted by Crippen LogP contribution is -2.39. The number of carbonyl (C=O) groups is 1. The average Bonchev–Trinajstić information content (AvgIpc) is 3.32. The van der Waals surface area contributed by atoms with E-state index in [1.54, 1.807) is 0 Å². The van der Waals surface area contributed by atoms with Crippen LogP contribution in [0.15, 0.2) is 17.1 Å². The first-order chi connectivity index (χ1) is 15.3. The van der Waals surface area contributed by atoms with Crippen molar-refractivity contribution in [1.29, 1.82) is 0 Å². The quantitative estimate of drug-likeness (QED) is 0.504. The number of piperidine rings is 1. The number of aromatic nitrogens is 1. The predicted molar refractivity (Wildman–Crippen MR) is 118 cm³/mol. The zero-order chi connectivity index (χ0) is 22.8. The Hall–Kier alpha value is -1.67. The number of alkyl halides is 3. The van der Waals surface area contributed by atoms with Gasteiger partial charge in [0.15, 0.2) is 5.82 Å². The molecule has 32 heavy (non-hydrogen) atoms. The maximum absolute atomic E-state index is 13.8. The number of carbonyl (C=O) groups excluding carboxylic acids is 1. The van der Waals surface area contributed by atoms with Crippen molar-refractivity contribution in [2.75, 3.05) is 18.4 Å². The fourth-order valence-electron chi connectivity index (χ4n) is 4.33. The van der Waals surface area contributed by atoms with Crippen LogP contribution in [0, 0.1) is 23.6 Å². The molecule has 0 aromatic carbocycles. The molecule has 4 heterocycles. The smallest absolute Gasteiger partial charge is 0.286 e. The van der Waals surface area contributed by atoms with E-state index >= 15 is 0 Å². The number of nitrogens with one attached hydrogen (secondary N) is 2. The van der Waals surface area contributed by atoms with Gasteiger partial charge in [-0.15, -0.1) is 23.4 Å². The Morgan fingerprint density at radius 3 is 2.94 bits per heavy atom. The number of fused-ring (bicyclic) bond motifs is 1. The van der Waals surface area contributed by atoms with Crippen LogP contribution in [0.2, 0.25) is 0 Å². The van der Waals surface area contributed by atoms with Crippen molar-refractivity contribution in [3.63, 3.8) is 0 Å².